The zero-order chi connectivity index (χ0) is 15.4. The smallest absolute Gasteiger partial charge is 0.269 e. The average molecular weight is 305 g/mol. The Balaban J connectivity index is 1.49. The van der Waals surface area contributed by atoms with Gasteiger partial charge >= 0.3 is 0 Å². The number of hydrogen-bond donors (Lipinski definition) is 0. The highest BCUT2D eigenvalue weighted by atomic mass is 16.6. The molecule has 1 aromatic carbocycles. The summed E-state index contributed by atoms with van der Waals surface area (Å²) in [5, 5.41) is 10.7. The Bertz CT molecular complexity index is 492. The molecule has 0 atom stereocenters. The molecule has 0 N–H and O–H groups in total. The highest BCUT2D eigenvalue weighted by Crippen LogP contribution is 2.25. The van der Waals surface area contributed by atoms with Gasteiger partial charge in [0.15, 0.2) is 0 Å². The summed E-state index contributed by atoms with van der Waals surface area (Å²) < 4.78 is 5.39. The van der Waals surface area contributed by atoms with Gasteiger partial charge in [0.2, 0.25) is 0 Å². The lowest BCUT2D eigenvalue weighted by Crippen LogP contribution is -2.42. The van der Waals surface area contributed by atoms with Crippen LogP contribution in [0.15, 0.2) is 24.3 Å². The Morgan fingerprint density at radius 2 is 1.73 bits per heavy atom. The van der Waals surface area contributed by atoms with Crippen LogP contribution in [0.25, 0.3) is 0 Å². The molecule has 1 aromatic rings. The van der Waals surface area contributed by atoms with E-state index >= 15 is 0 Å². The molecule has 2 saturated heterocycles. The zero-order valence-corrected chi connectivity index (χ0v) is 12.8. The molecule has 0 aliphatic carbocycles. The molecule has 0 unspecified atom stereocenters. The zero-order valence-electron chi connectivity index (χ0n) is 12.8. The van der Waals surface area contributed by atoms with Crippen LogP contribution in [0.1, 0.15) is 12.8 Å². The van der Waals surface area contributed by atoms with Crippen molar-refractivity contribution in [1.29, 1.82) is 0 Å². The second-order valence-corrected chi connectivity index (χ2v) is 6.12. The van der Waals surface area contributed by atoms with E-state index in [1.165, 1.54) is 19.4 Å². The van der Waals surface area contributed by atoms with Gasteiger partial charge in [-0.3, -0.25) is 15.0 Å². The number of ether oxygens (including phenoxy) is 1. The molecule has 6 heteroatoms. The number of hydrogen-bond acceptors (Lipinski definition) is 5. The van der Waals surface area contributed by atoms with Crippen LogP contribution < -0.4 is 4.90 Å². The van der Waals surface area contributed by atoms with Gasteiger partial charge in [-0.1, -0.05) is 0 Å². The minimum atomic E-state index is -0.349. The van der Waals surface area contributed by atoms with Crippen LogP contribution >= 0.6 is 0 Å². The van der Waals surface area contributed by atoms with E-state index in [1.807, 2.05) is 12.1 Å². The monoisotopic (exact) mass is 305 g/mol. The maximum Gasteiger partial charge on any atom is 0.269 e. The fraction of sp³-hybridized carbons (Fsp3) is 0.625. The Kier molecular flexibility index (Phi) is 4.90. The number of rotatable bonds is 4. The molecule has 2 heterocycles. The quantitative estimate of drug-likeness (QED) is 0.630. The van der Waals surface area contributed by atoms with Gasteiger partial charge in [-0.2, -0.15) is 0 Å². The molecule has 0 bridgehead atoms. The Morgan fingerprint density at radius 3 is 2.32 bits per heavy atom. The Hall–Kier alpha value is -1.66. The second kappa shape index (κ2) is 7.07. The summed E-state index contributed by atoms with van der Waals surface area (Å²) >= 11 is 0. The molecule has 0 spiro atoms. The fourth-order valence-corrected chi connectivity index (χ4v) is 3.31. The molecule has 0 radical (unpaired) electrons. The number of non-ortho nitro benzene ring substituents is 1. The first kappa shape index (κ1) is 15.2. The lowest BCUT2D eigenvalue weighted by atomic mass is 9.95. The van der Waals surface area contributed by atoms with E-state index in [1.54, 1.807) is 12.1 Å². The van der Waals surface area contributed by atoms with Crippen LogP contribution in [-0.4, -0.2) is 55.8 Å². The fourth-order valence-electron chi connectivity index (χ4n) is 3.31. The maximum absolute atomic E-state index is 10.7. The number of piperidine rings is 1. The predicted octanol–water partition coefficient (Wildman–Crippen LogP) is 2.14. The second-order valence-electron chi connectivity index (χ2n) is 6.12. The molecule has 6 nitrogen and oxygen atoms in total. The summed E-state index contributed by atoms with van der Waals surface area (Å²) in [6.45, 7) is 7.09. The van der Waals surface area contributed by atoms with Crippen molar-refractivity contribution in [3.8, 4) is 0 Å². The third-order valence-corrected chi connectivity index (χ3v) is 4.66. The van der Waals surface area contributed by atoms with Crippen molar-refractivity contribution in [1.82, 2.24) is 4.90 Å². The van der Waals surface area contributed by atoms with E-state index in [-0.39, 0.29) is 10.6 Å². The summed E-state index contributed by atoms with van der Waals surface area (Å²) in [5.41, 5.74) is 1.25. The number of benzene rings is 1. The van der Waals surface area contributed by atoms with Crippen LogP contribution in [0.3, 0.4) is 0 Å². The van der Waals surface area contributed by atoms with Crippen LogP contribution in [0.5, 0.6) is 0 Å². The van der Waals surface area contributed by atoms with Crippen molar-refractivity contribution < 1.29 is 9.66 Å². The van der Waals surface area contributed by atoms with Gasteiger partial charge in [0.25, 0.3) is 5.69 Å². The molecule has 0 aromatic heterocycles. The van der Waals surface area contributed by atoms with E-state index in [4.69, 9.17) is 4.74 Å². The first-order valence-corrected chi connectivity index (χ1v) is 8.02. The molecule has 120 valence electrons. The minimum Gasteiger partial charge on any atom is -0.379 e. The summed E-state index contributed by atoms with van der Waals surface area (Å²) in [5.74, 6) is 0.757. The number of nitro groups is 1. The first-order chi connectivity index (χ1) is 10.7. The van der Waals surface area contributed by atoms with E-state index in [2.05, 4.69) is 9.80 Å². The van der Waals surface area contributed by atoms with Gasteiger partial charge in [-0.25, -0.2) is 0 Å². The molecule has 3 rings (SSSR count). The van der Waals surface area contributed by atoms with E-state index < -0.39 is 0 Å². The largest absolute Gasteiger partial charge is 0.379 e. The van der Waals surface area contributed by atoms with Crippen molar-refractivity contribution >= 4 is 11.4 Å². The van der Waals surface area contributed by atoms with Crippen molar-refractivity contribution in [2.45, 2.75) is 12.8 Å². The third kappa shape index (κ3) is 3.75. The number of morpholine rings is 1. The van der Waals surface area contributed by atoms with Gasteiger partial charge in [0, 0.05) is 50.5 Å². The summed E-state index contributed by atoms with van der Waals surface area (Å²) in [4.78, 5) is 15.2. The summed E-state index contributed by atoms with van der Waals surface area (Å²) in [7, 11) is 0. The molecule has 0 saturated carbocycles. The molecule has 0 amide bonds. The highest BCUT2D eigenvalue weighted by molar-refractivity contribution is 5.51. The highest BCUT2D eigenvalue weighted by Gasteiger charge is 2.22. The average Bonchev–Trinajstić information content (AvgIpc) is 2.57. The van der Waals surface area contributed by atoms with E-state index in [9.17, 15) is 10.1 Å². The minimum absolute atomic E-state index is 0.158. The number of nitrogens with zero attached hydrogens (tertiary/aromatic N) is 3. The molecule has 22 heavy (non-hydrogen) atoms. The van der Waals surface area contributed by atoms with E-state index in [0.717, 1.165) is 51.0 Å². The van der Waals surface area contributed by atoms with Gasteiger partial charge in [-0.15, -0.1) is 0 Å². The maximum atomic E-state index is 10.7. The topological polar surface area (TPSA) is 58.9 Å². The molecular formula is C16H23N3O3. The Morgan fingerprint density at radius 1 is 1.09 bits per heavy atom. The van der Waals surface area contributed by atoms with Gasteiger partial charge < -0.3 is 9.64 Å². The summed E-state index contributed by atoms with van der Waals surface area (Å²) in [6.07, 6.45) is 2.38. The molecule has 2 aliphatic heterocycles. The number of anilines is 1. The third-order valence-electron chi connectivity index (χ3n) is 4.66. The predicted molar refractivity (Wildman–Crippen MR) is 85.3 cm³/mol. The lowest BCUT2D eigenvalue weighted by molar-refractivity contribution is -0.384. The van der Waals surface area contributed by atoms with Crippen LogP contribution in [-0.2, 0) is 4.74 Å². The van der Waals surface area contributed by atoms with Gasteiger partial charge in [-0.05, 0) is 30.9 Å². The first-order valence-electron chi connectivity index (χ1n) is 8.02. The van der Waals surface area contributed by atoms with Crippen LogP contribution in [0.4, 0.5) is 11.4 Å². The SMILES string of the molecule is O=[N+]([O-])c1ccc(N2CCC(CN3CCOCC3)CC2)cc1. The van der Waals surface area contributed by atoms with Crippen molar-refractivity contribution in [3.63, 3.8) is 0 Å². The van der Waals surface area contributed by atoms with Gasteiger partial charge in [0.1, 0.15) is 0 Å². The lowest BCUT2D eigenvalue weighted by Gasteiger charge is -2.37. The van der Waals surface area contributed by atoms with Crippen LogP contribution in [0.2, 0.25) is 0 Å². The van der Waals surface area contributed by atoms with E-state index in [0.29, 0.717) is 0 Å². The normalized spacial score (nSPS) is 21.0. The molecule has 2 aliphatic rings. The van der Waals surface area contributed by atoms with Crippen molar-refractivity contribution in [2.24, 2.45) is 5.92 Å². The Labute approximate surface area is 130 Å². The molecule has 2 fully saturated rings. The standard InChI is InChI=1S/C16H23N3O3/c20-19(21)16-3-1-15(2-4-16)18-7-5-14(6-8-18)13-17-9-11-22-12-10-17/h1-4,14H,5-13H2. The number of nitro benzene ring substituents is 1. The van der Waals surface area contributed by atoms with Crippen molar-refractivity contribution in [3.05, 3.63) is 34.4 Å². The van der Waals surface area contributed by atoms with Crippen molar-refractivity contribution in [2.75, 3.05) is 50.8 Å². The summed E-state index contributed by atoms with van der Waals surface area (Å²) in [6, 6.07) is 6.91. The van der Waals surface area contributed by atoms with Crippen LogP contribution in [0, 0.1) is 16.0 Å². The molecular weight excluding hydrogens is 282 g/mol. The van der Waals surface area contributed by atoms with Gasteiger partial charge in [0.05, 0.1) is 18.1 Å².